The van der Waals surface area contributed by atoms with Gasteiger partial charge >= 0.3 is 0 Å². The minimum atomic E-state index is -0.951. The fourth-order valence-electron chi connectivity index (χ4n) is 5.44. The highest BCUT2D eigenvalue weighted by atomic mass is 16.5. The molecule has 2 aliphatic heterocycles. The maximum absolute atomic E-state index is 13.4. The lowest BCUT2D eigenvalue weighted by molar-refractivity contribution is -0.132. The van der Waals surface area contributed by atoms with E-state index in [0.717, 1.165) is 24.0 Å². The number of hydrogen-bond acceptors (Lipinski definition) is 5. The molecule has 0 bridgehead atoms. The Hall–Kier alpha value is -3.39. The Bertz CT molecular complexity index is 1170. The van der Waals surface area contributed by atoms with Gasteiger partial charge in [0.2, 0.25) is 5.91 Å². The molecule has 4 N–H and O–H groups in total. The van der Waals surface area contributed by atoms with Crippen LogP contribution in [0.25, 0.3) is 0 Å². The first kappa shape index (κ1) is 26.7. The highest BCUT2D eigenvalue weighted by Crippen LogP contribution is 2.40. The van der Waals surface area contributed by atoms with Gasteiger partial charge in [-0.1, -0.05) is 51.1 Å². The van der Waals surface area contributed by atoms with Gasteiger partial charge in [-0.3, -0.25) is 19.9 Å². The lowest BCUT2D eigenvalue weighted by atomic mass is 9.86. The number of fused-ring (bicyclic) bond motifs is 1. The molecule has 0 aliphatic carbocycles. The van der Waals surface area contributed by atoms with Crippen LogP contribution in [0.1, 0.15) is 93.9 Å². The number of aliphatic hydroxyl groups is 1. The molecule has 2 aromatic carbocycles. The quantitative estimate of drug-likeness (QED) is 0.443. The summed E-state index contributed by atoms with van der Waals surface area (Å²) in [5.74, 6) is 0.319. The number of aliphatic hydroxyl groups excluding tert-OH is 1. The SMILES string of the molecule is CC[C@H](c1cccc(C(=O)N[C@@H]2c3ccccc3OC(C)(C)[C@H]2O)c1)N1C(=N)NC(CC)(CC)CC1=O. The van der Waals surface area contributed by atoms with Crippen molar-refractivity contribution < 1.29 is 19.4 Å². The van der Waals surface area contributed by atoms with Crippen molar-refractivity contribution in [1.82, 2.24) is 15.5 Å². The number of nitrogens with zero attached hydrogens (tertiary/aromatic N) is 1. The smallest absolute Gasteiger partial charge is 0.251 e. The summed E-state index contributed by atoms with van der Waals surface area (Å²) in [7, 11) is 0. The third-order valence-electron chi connectivity index (χ3n) is 7.91. The van der Waals surface area contributed by atoms with Crippen molar-refractivity contribution in [2.45, 2.75) is 89.6 Å². The molecular weight excluding hydrogens is 468 g/mol. The van der Waals surface area contributed by atoms with Gasteiger partial charge in [0.05, 0.1) is 18.5 Å². The van der Waals surface area contributed by atoms with E-state index in [9.17, 15) is 14.7 Å². The molecule has 2 aliphatic rings. The molecule has 2 heterocycles. The molecule has 2 aromatic rings. The van der Waals surface area contributed by atoms with Crippen LogP contribution in [0.5, 0.6) is 5.75 Å². The van der Waals surface area contributed by atoms with E-state index in [2.05, 4.69) is 10.6 Å². The van der Waals surface area contributed by atoms with Crippen LogP contribution < -0.4 is 15.4 Å². The molecule has 3 atom stereocenters. The Morgan fingerprint density at radius 2 is 1.89 bits per heavy atom. The Labute approximate surface area is 218 Å². The highest BCUT2D eigenvalue weighted by Gasteiger charge is 2.44. The lowest BCUT2D eigenvalue weighted by Gasteiger charge is -2.44. The molecular formula is C29H38N4O4. The average molecular weight is 507 g/mol. The van der Waals surface area contributed by atoms with Gasteiger partial charge in [0, 0.05) is 16.7 Å². The molecule has 4 rings (SSSR count). The van der Waals surface area contributed by atoms with Gasteiger partial charge in [0.1, 0.15) is 17.5 Å². The summed E-state index contributed by atoms with van der Waals surface area (Å²) in [6.45, 7) is 9.62. The first-order valence-corrected chi connectivity index (χ1v) is 13.1. The largest absolute Gasteiger partial charge is 0.485 e. The lowest BCUT2D eigenvalue weighted by Crippen LogP contribution is -2.62. The summed E-state index contributed by atoms with van der Waals surface area (Å²) in [5, 5.41) is 25.9. The molecule has 0 saturated carbocycles. The van der Waals surface area contributed by atoms with E-state index in [-0.39, 0.29) is 29.4 Å². The molecule has 0 radical (unpaired) electrons. The highest BCUT2D eigenvalue weighted by molar-refractivity contribution is 6.00. The fraction of sp³-hybridized carbons (Fsp3) is 0.483. The monoisotopic (exact) mass is 506 g/mol. The zero-order valence-electron chi connectivity index (χ0n) is 22.3. The summed E-state index contributed by atoms with van der Waals surface area (Å²) < 4.78 is 5.97. The van der Waals surface area contributed by atoms with Crippen LogP contribution in [0.15, 0.2) is 48.5 Å². The van der Waals surface area contributed by atoms with E-state index in [0.29, 0.717) is 24.2 Å². The van der Waals surface area contributed by atoms with Crippen molar-refractivity contribution in [1.29, 1.82) is 5.41 Å². The van der Waals surface area contributed by atoms with Crippen molar-refractivity contribution >= 4 is 17.8 Å². The van der Waals surface area contributed by atoms with Gasteiger partial charge in [-0.15, -0.1) is 0 Å². The van der Waals surface area contributed by atoms with E-state index < -0.39 is 17.7 Å². The number of hydrogen-bond donors (Lipinski definition) is 4. The number of carbonyl (C=O) groups excluding carboxylic acids is 2. The number of nitrogens with one attached hydrogen (secondary N) is 3. The number of ether oxygens (including phenoxy) is 1. The second-order valence-electron chi connectivity index (χ2n) is 10.6. The van der Waals surface area contributed by atoms with Crippen LogP contribution in [-0.4, -0.2) is 45.0 Å². The maximum atomic E-state index is 13.4. The van der Waals surface area contributed by atoms with Crippen LogP contribution in [0.2, 0.25) is 0 Å². The number of carbonyl (C=O) groups is 2. The van der Waals surface area contributed by atoms with E-state index in [1.165, 1.54) is 4.90 Å². The van der Waals surface area contributed by atoms with E-state index in [1.807, 2.05) is 51.1 Å². The number of guanidine groups is 1. The number of benzene rings is 2. The molecule has 0 aromatic heterocycles. The predicted octanol–water partition coefficient (Wildman–Crippen LogP) is 4.46. The number of rotatable bonds is 7. The van der Waals surface area contributed by atoms with Gasteiger partial charge < -0.3 is 20.5 Å². The van der Waals surface area contributed by atoms with Crippen molar-refractivity contribution in [3.63, 3.8) is 0 Å². The van der Waals surface area contributed by atoms with Crippen LogP contribution in [0, 0.1) is 5.41 Å². The first-order valence-electron chi connectivity index (χ1n) is 13.1. The third-order valence-corrected chi connectivity index (χ3v) is 7.91. The number of amides is 2. The Kier molecular flexibility index (Phi) is 7.33. The molecule has 1 fully saturated rings. The van der Waals surface area contributed by atoms with E-state index in [1.54, 1.807) is 32.0 Å². The zero-order valence-corrected chi connectivity index (χ0v) is 22.3. The van der Waals surface area contributed by atoms with Crippen LogP contribution >= 0.6 is 0 Å². The van der Waals surface area contributed by atoms with Crippen LogP contribution in [-0.2, 0) is 4.79 Å². The predicted molar refractivity (Wildman–Crippen MR) is 142 cm³/mol. The molecule has 8 heteroatoms. The van der Waals surface area contributed by atoms with Gasteiger partial charge in [-0.25, -0.2) is 0 Å². The topological polar surface area (TPSA) is 115 Å². The third kappa shape index (κ3) is 4.94. The van der Waals surface area contributed by atoms with Gasteiger partial charge in [-0.05, 0) is 56.9 Å². The van der Waals surface area contributed by atoms with Crippen molar-refractivity contribution in [2.24, 2.45) is 0 Å². The summed E-state index contributed by atoms with van der Waals surface area (Å²) >= 11 is 0. The molecule has 0 spiro atoms. The Balaban J connectivity index is 1.59. The second kappa shape index (κ2) is 10.2. The van der Waals surface area contributed by atoms with Crippen LogP contribution in [0.4, 0.5) is 0 Å². The summed E-state index contributed by atoms with van der Waals surface area (Å²) in [4.78, 5) is 28.2. The fourth-order valence-corrected chi connectivity index (χ4v) is 5.44. The van der Waals surface area contributed by atoms with Gasteiger partial charge in [-0.2, -0.15) is 0 Å². The first-order chi connectivity index (χ1) is 17.6. The molecule has 0 unspecified atom stereocenters. The van der Waals surface area contributed by atoms with E-state index in [4.69, 9.17) is 10.1 Å². The zero-order chi connectivity index (χ0) is 27.0. The minimum absolute atomic E-state index is 0.0849. The maximum Gasteiger partial charge on any atom is 0.251 e. The molecule has 1 saturated heterocycles. The molecule has 8 nitrogen and oxygen atoms in total. The van der Waals surface area contributed by atoms with Crippen LogP contribution in [0.3, 0.4) is 0 Å². The standard InChI is InChI=1S/C29H38N4O4/c1-6-21(33-23(34)17-29(7-2,8-3)32-27(33)30)18-12-11-13-19(16-18)26(36)31-24-20-14-9-10-15-22(20)37-28(4,5)25(24)35/h9-16,21,24-25,35H,6-8,17H2,1-5H3,(H2,30,32)(H,31,36)/t21-,24-,25+/m1/s1. The van der Waals surface area contributed by atoms with Crippen molar-refractivity contribution in [2.75, 3.05) is 0 Å². The van der Waals surface area contributed by atoms with Crippen molar-refractivity contribution in [3.05, 3.63) is 65.2 Å². The van der Waals surface area contributed by atoms with Gasteiger partial charge in [0.15, 0.2) is 5.96 Å². The molecule has 198 valence electrons. The second-order valence-corrected chi connectivity index (χ2v) is 10.6. The summed E-state index contributed by atoms with van der Waals surface area (Å²) in [6, 6.07) is 13.5. The Morgan fingerprint density at radius 3 is 2.54 bits per heavy atom. The normalized spacial score (nSPS) is 22.9. The molecule has 2 amide bonds. The van der Waals surface area contributed by atoms with E-state index >= 15 is 0 Å². The summed E-state index contributed by atoms with van der Waals surface area (Å²) in [6.07, 6.45) is 1.49. The number of para-hydroxylation sites is 1. The average Bonchev–Trinajstić information content (AvgIpc) is 2.88. The van der Waals surface area contributed by atoms with Gasteiger partial charge in [0.25, 0.3) is 5.91 Å². The summed E-state index contributed by atoms with van der Waals surface area (Å²) in [5.41, 5.74) is 0.655. The van der Waals surface area contributed by atoms with Crippen molar-refractivity contribution in [3.8, 4) is 5.75 Å². The minimum Gasteiger partial charge on any atom is -0.485 e. The molecule has 37 heavy (non-hydrogen) atoms. The Morgan fingerprint density at radius 1 is 1.19 bits per heavy atom.